The van der Waals surface area contributed by atoms with E-state index in [1.54, 1.807) is 0 Å². The van der Waals surface area contributed by atoms with Crippen molar-refractivity contribution in [1.82, 2.24) is 14.5 Å². The maximum absolute atomic E-state index is 8.63. The van der Waals surface area contributed by atoms with Gasteiger partial charge in [0, 0.05) is 44.1 Å². The molecule has 5 nitrogen and oxygen atoms in total. The number of anilines is 1. The summed E-state index contributed by atoms with van der Waals surface area (Å²) in [6.07, 6.45) is 3.08. The third kappa shape index (κ3) is 2.68. The van der Waals surface area contributed by atoms with Gasteiger partial charge < -0.3 is 5.32 Å². The van der Waals surface area contributed by atoms with Crippen molar-refractivity contribution in [3.8, 4) is 6.07 Å². The lowest BCUT2D eigenvalue weighted by atomic mass is 10.3. The molecule has 1 heterocycles. The predicted octanol–water partition coefficient (Wildman–Crippen LogP) is 1.46. The molecule has 0 aromatic carbocycles. The minimum absolute atomic E-state index is 0.586. The van der Waals surface area contributed by atoms with Crippen LogP contribution in [0.5, 0.6) is 0 Å². The van der Waals surface area contributed by atoms with Gasteiger partial charge in [-0.2, -0.15) is 5.26 Å². The van der Waals surface area contributed by atoms with E-state index < -0.39 is 0 Å². The molecule has 1 aromatic heterocycles. The molecule has 1 aromatic rings. The molecule has 0 radical (unpaired) electrons. The summed E-state index contributed by atoms with van der Waals surface area (Å²) in [4.78, 5) is 2.33. The molecule has 0 bridgehead atoms. The lowest BCUT2D eigenvalue weighted by molar-refractivity contribution is 0.258. The van der Waals surface area contributed by atoms with E-state index in [0.717, 1.165) is 23.8 Å². The first-order valence-corrected chi connectivity index (χ1v) is 6.22. The van der Waals surface area contributed by atoms with Crippen LogP contribution in [0, 0.1) is 11.3 Å². The molecule has 0 spiro atoms. The smallest absolute Gasteiger partial charge is 0.134 e. The van der Waals surface area contributed by atoms with Crippen LogP contribution >= 0.6 is 11.5 Å². The van der Waals surface area contributed by atoms with Gasteiger partial charge in [0.15, 0.2) is 0 Å². The summed E-state index contributed by atoms with van der Waals surface area (Å²) in [5.74, 6) is 0. The van der Waals surface area contributed by atoms with E-state index in [1.807, 2.05) is 7.05 Å². The average Bonchev–Trinajstić information content (AvgIpc) is 3.05. The Morgan fingerprint density at radius 3 is 3.06 bits per heavy atom. The molecule has 6 heteroatoms. The van der Waals surface area contributed by atoms with Gasteiger partial charge in [-0.1, -0.05) is 4.49 Å². The van der Waals surface area contributed by atoms with Gasteiger partial charge in [0.1, 0.15) is 10.7 Å². The fourth-order valence-electron chi connectivity index (χ4n) is 1.72. The van der Waals surface area contributed by atoms with Crippen molar-refractivity contribution in [3.05, 3.63) is 5.69 Å². The highest BCUT2D eigenvalue weighted by molar-refractivity contribution is 7.10. The van der Waals surface area contributed by atoms with Gasteiger partial charge >= 0.3 is 0 Å². The van der Waals surface area contributed by atoms with Crippen molar-refractivity contribution in [2.75, 3.05) is 18.9 Å². The summed E-state index contributed by atoms with van der Waals surface area (Å²) in [5.41, 5.74) is 0.998. The van der Waals surface area contributed by atoms with Crippen molar-refractivity contribution >= 4 is 16.5 Å². The van der Waals surface area contributed by atoms with Gasteiger partial charge in [-0.05, 0) is 12.8 Å². The number of nitrogens with one attached hydrogen (secondary N) is 1. The van der Waals surface area contributed by atoms with Gasteiger partial charge in [-0.25, -0.2) is 0 Å². The van der Waals surface area contributed by atoms with E-state index in [0.29, 0.717) is 12.5 Å². The van der Waals surface area contributed by atoms with Gasteiger partial charge in [0.2, 0.25) is 0 Å². The van der Waals surface area contributed by atoms with Crippen LogP contribution in [0.25, 0.3) is 0 Å². The third-order valence-corrected chi connectivity index (χ3v) is 3.50. The Labute approximate surface area is 99.2 Å². The fraction of sp³-hybridized carbons (Fsp3) is 0.700. The van der Waals surface area contributed by atoms with Crippen molar-refractivity contribution in [1.29, 1.82) is 5.26 Å². The number of aromatic nitrogens is 2. The summed E-state index contributed by atoms with van der Waals surface area (Å²) < 4.78 is 3.94. The molecule has 0 saturated heterocycles. The van der Waals surface area contributed by atoms with E-state index in [1.165, 1.54) is 24.4 Å². The van der Waals surface area contributed by atoms with Crippen LogP contribution in [-0.2, 0) is 6.54 Å². The Morgan fingerprint density at radius 2 is 2.44 bits per heavy atom. The molecule has 0 aliphatic heterocycles. The summed E-state index contributed by atoms with van der Waals surface area (Å²) in [7, 11) is 1.88. The Balaban J connectivity index is 1.97. The Hall–Kier alpha value is -1.19. The van der Waals surface area contributed by atoms with Gasteiger partial charge in [0.05, 0.1) is 6.07 Å². The number of hydrogen-bond donors (Lipinski definition) is 1. The Bertz CT molecular complexity index is 379. The monoisotopic (exact) mass is 237 g/mol. The minimum Gasteiger partial charge on any atom is -0.377 e. The molecule has 0 atom stereocenters. The van der Waals surface area contributed by atoms with E-state index in [4.69, 9.17) is 5.26 Å². The highest BCUT2D eigenvalue weighted by Crippen LogP contribution is 2.29. The first-order chi connectivity index (χ1) is 7.85. The normalized spacial score (nSPS) is 15.1. The number of hydrogen-bond acceptors (Lipinski definition) is 6. The van der Waals surface area contributed by atoms with Crippen LogP contribution in [0.4, 0.5) is 5.00 Å². The second-order valence-electron chi connectivity index (χ2n) is 3.91. The van der Waals surface area contributed by atoms with Crippen LogP contribution in [-0.4, -0.2) is 34.1 Å². The standard InChI is InChI=1S/C10H15N5S/c1-12-10-9(13-14-16-10)7-15(6-2-5-11)8-3-4-8/h8,12H,2-4,6-7H2,1H3. The number of nitriles is 1. The zero-order valence-electron chi connectivity index (χ0n) is 9.31. The zero-order valence-corrected chi connectivity index (χ0v) is 10.1. The van der Waals surface area contributed by atoms with E-state index >= 15 is 0 Å². The minimum atomic E-state index is 0.586. The number of rotatable bonds is 6. The average molecular weight is 237 g/mol. The topological polar surface area (TPSA) is 64.8 Å². The molecule has 86 valence electrons. The van der Waals surface area contributed by atoms with E-state index in [9.17, 15) is 0 Å². The highest BCUT2D eigenvalue weighted by Gasteiger charge is 2.29. The maximum Gasteiger partial charge on any atom is 0.134 e. The van der Waals surface area contributed by atoms with Gasteiger partial charge in [-0.3, -0.25) is 4.90 Å². The predicted molar refractivity (Wildman–Crippen MR) is 63.1 cm³/mol. The lowest BCUT2D eigenvalue weighted by Crippen LogP contribution is -2.27. The van der Waals surface area contributed by atoms with Crippen molar-refractivity contribution in [2.45, 2.75) is 31.8 Å². The summed E-state index contributed by atoms with van der Waals surface area (Å²) in [6, 6.07) is 2.85. The second kappa shape index (κ2) is 5.23. The lowest BCUT2D eigenvalue weighted by Gasteiger charge is -2.19. The molecular weight excluding hydrogens is 222 g/mol. The summed E-state index contributed by atoms with van der Waals surface area (Å²) >= 11 is 1.38. The van der Waals surface area contributed by atoms with Crippen molar-refractivity contribution in [3.63, 3.8) is 0 Å². The molecule has 1 aliphatic carbocycles. The van der Waals surface area contributed by atoms with Crippen LogP contribution in [0.2, 0.25) is 0 Å². The molecule has 1 saturated carbocycles. The zero-order chi connectivity index (χ0) is 11.4. The summed E-state index contributed by atoms with van der Waals surface area (Å²) in [6.45, 7) is 1.64. The quantitative estimate of drug-likeness (QED) is 0.811. The molecule has 1 fully saturated rings. The Kier molecular flexibility index (Phi) is 3.70. The van der Waals surface area contributed by atoms with Gasteiger partial charge in [0.25, 0.3) is 0 Å². The SMILES string of the molecule is CNc1snnc1CN(CCC#N)C1CC1. The third-order valence-electron chi connectivity index (χ3n) is 2.71. The molecule has 1 aliphatic rings. The van der Waals surface area contributed by atoms with Crippen LogP contribution < -0.4 is 5.32 Å². The second-order valence-corrected chi connectivity index (χ2v) is 4.66. The largest absolute Gasteiger partial charge is 0.377 e. The fourth-order valence-corrected chi connectivity index (χ4v) is 2.24. The van der Waals surface area contributed by atoms with Crippen LogP contribution in [0.1, 0.15) is 25.0 Å². The number of nitrogens with zero attached hydrogens (tertiary/aromatic N) is 4. The van der Waals surface area contributed by atoms with E-state index in [2.05, 4.69) is 25.9 Å². The molecule has 2 rings (SSSR count). The molecule has 0 amide bonds. The van der Waals surface area contributed by atoms with Crippen molar-refractivity contribution in [2.24, 2.45) is 0 Å². The molecular formula is C10H15N5S. The first kappa shape index (κ1) is 11.3. The van der Waals surface area contributed by atoms with Gasteiger partial charge in [-0.15, -0.1) is 5.10 Å². The highest BCUT2D eigenvalue weighted by atomic mass is 32.1. The Morgan fingerprint density at radius 1 is 1.62 bits per heavy atom. The molecule has 1 N–H and O–H groups in total. The maximum atomic E-state index is 8.63. The first-order valence-electron chi connectivity index (χ1n) is 5.45. The molecule has 16 heavy (non-hydrogen) atoms. The van der Waals surface area contributed by atoms with Crippen molar-refractivity contribution < 1.29 is 0 Å². The van der Waals surface area contributed by atoms with Crippen LogP contribution in [0.3, 0.4) is 0 Å². The summed E-state index contributed by atoms with van der Waals surface area (Å²) in [5, 5.41) is 16.9. The van der Waals surface area contributed by atoms with Crippen LogP contribution in [0.15, 0.2) is 0 Å². The molecule has 0 unspecified atom stereocenters. The van der Waals surface area contributed by atoms with E-state index in [-0.39, 0.29) is 0 Å².